The fourth-order valence-electron chi connectivity index (χ4n) is 2.84. The average molecular weight is 337 g/mol. The Morgan fingerprint density at radius 2 is 1.83 bits per heavy atom. The fraction of sp³-hybridized carbons (Fsp3) is 0.105. The molecule has 4 rings (SSSR count). The van der Waals surface area contributed by atoms with Crippen molar-refractivity contribution in [2.75, 3.05) is 12.4 Å². The molecule has 0 atom stereocenters. The number of benzene rings is 3. The third-order valence-corrected chi connectivity index (χ3v) is 4.99. The van der Waals surface area contributed by atoms with E-state index in [9.17, 15) is 4.79 Å². The minimum absolute atomic E-state index is 0.323. The topological polar surface area (TPSA) is 47.6 Å². The molecule has 1 N–H and O–H groups in total. The zero-order valence-electron chi connectivity index (χ0n) is 13.3. The summed E-state index contributed by atoms with van der Waals surface area (Å²) < 4.78 is 10.7. The van der Waals surface area contributed by atoms with Gasteiger partial charge in [0.05, 0.1) is 18.5 Å². The van der Waals surface area contributed by atoms with Gasteiger partial charge in [-0.1, -0.05) is 36.0 Å². The van der Waals surface area contributed by atoms with Crippen LogP contribution in [-0.4, -0.2) is 13.1 Å². The Morgan fingerprint density at radius 1 is 1.04 bits per heavy atom. The van der Waals surface area contributed by atoms with E-state index in [4.69, 9.17) is 9.47 Å². The van der Waals surface area contributed by atoms with Crippen LogP contribution in [0.1, 0.15) is 6.92 Å². The van der Waals surface area contributed by atoms with Gasteiger partial charge < -0.3 is 14.8 Å². The molecule has 3 aromatic carbocycles. The van der Waals surface area contributed by atoms with Crippen molar-refractivity contribution >= 4 is 39.9 Å². The van der Waals surface area contributed by atoms with E-state index in [-0.39, 0.29) is 5.97 Å². The highest BCUT2D eigenvalue weighted by Gasteiger charge is 2.21. The first-order chi connectivity index (χ1) is 11.7. The van der Waals surface area contributed by atoms with Gasteiger partial charge in [0, 0.05) is 27.5 Å². The normalized spacial score (nSPS) is 12.1. The Bertz CT molecular complexity index is 968. The summed E-state index contributed by atoms with van der Waals surface area (Å²) in [5, 5.41) is 5.44. The zero-order chi connectivity index (χ0) is 16.7. The van der Waals surface area contributed by atoms with Crippen LogP contribution in [0.15, 0.2) is 58.3 Å². The van der Waals surface area contributed by atoms with Gasteiger partial charge in [0.25, 0.3) is 0 Å². The summed E-state index contributed by atoms with van der Waals surface area (Å²) in [5.41, 5.74) is 2.07. The molecule has 0 spiro atoms. The molecule has 120 valence electrons. The van der Waals surface area contributed by atoms with Gasteiger partial charge in [-0.15, -0.1) is 0 Å². The molecule has 1 aliphatic rings. The first-order valence-electron chi connectivity index (χ1n) is 7.53. The van der Waals surface area contributed by atoms with Crippen LogP contribution < -0.4 is 14.8 Å². The van der Waals surface area contributed by atoms with E-state index in [1.807, 2.05) is 48.5 Å². The van der Waals surface area contributed by atoms with E-state index in [1.54, 1.807) is 18.9 Å². The number of rotatable bonds is 2. The largest absolute Gasteiger partial charge is 0.497 e. The molecular weight excluding hydrogens is 322 g/mol. The van der Waals surface area contributed by atoms with E-state index in [1.165, 1.54) is 6.92 Å². The highest BCUT2D eigenvalue weighted by atomic mass is 32.2. The quantitative estimate of drug-likeness (QED) is 0.413. The lowest BCUT2D eigenvalue weighted by Gasteiger charge is -2.24. The molecular formula is C19H15NO3S. The monoisotopic (exact) mass is 337 g/mol. The Morgan fingerprint density at radius 3 is 2.58 bits per heavy atom. The molecule has 5 heteroatoms. The Labute approximate surface area is 143 Å². The minimum atomic E-state index is -0.323. The number of methoxy groups -OCH3 is 1. The number of anilines is 2. The molecule has 0 fully saturated rings. The van der Waals surface area contributed by atoms with Crippen molar-refractivity contribution in [1.82, 2.24) is 0 Å². The molecule has 0 saturated carbocycles. The van der Waals surface area contributed by atoms with Gasteiger partial charge in [0.15, 0.2) is 0 Å². The van der Waals surface area contributed by atoms with E-state index >= 15 is 0 Å². The summed E-state index contributed by atoms with van der Waals surface area (Å²) in [6.45, 7) is 1.42. The third kappa shape index (κ3) is 2.47. The minimum Gasteiger partial charge on any atom is -0.497 e. The van der Waals surface area contributed by atoms with Crippen LogP contribution in [0, 0.1) is 0 Å². The summed E-state index contributed by atoms with van der Waals surface area (Å²) in [5.74, 6) is 1.07. The van der Waals surface area contributed by atoms with Gasteiger partial charge in [-0.3, -0.25) is 4.79 Å². The van der Waals surface area contributed by atoms with Crippen LogP contribution in [0.25, 0.3) is 10.8 Å². The van der Waals surface area contributed by atoms with Gasteiger partial charge in [-0.25, -0.2) is 0 Å². The van der Waals surface area contributed by atoms with Crippen molar-refractivity contribution in [2.24, 2.45) is 0 Å². The van der Waals surface area contributed by atoms with Crippen LogP contribution in [0.2, 0.25) is 0 Å². The van der Waals surface area contributed by atoms with E-state index < -0.39 is 0 Å². The van der Waals surface area contributed by atoms with Crippen molar-refractivity contribution in [2.45, 2.75) is 16.7 Å². The predicted molar refractivity (Wildman–Crippen MR) is 95.7 cm³/mol. The second kappa shape index (κ2) is 5.76. The fourth-order valence-corrected chi connectivity index (χ4v) is 3.91. The van der Waals surface area contributed by atoms with Crippen LogP contribution in [0.5, 0.6) is 11.5 Å². The first-order valence-corrected chi connectivity index (χ1v) is 8.34. The van der Waals surface area contributed by atoms with Gasteiger partial charge in [0.1, 0.15) is 11.5 Å². The first kappa shape index (κ1) is 14.9. The molecule has 0 amide bonds. The van der Waals surface area contributed by atoms with Gasteiger partial charge in [-0.05, 0) is 24.3 Å². The number of carbonyl (C=O) groups is 1. The van der Waals surface area contributed by atoms with Crippen molar-refractivity contribution in [3.63, 3.8) is 0 Å². The van der Waals surface area contributed by atoms with Crippen LogP contribution in [0.4, 0.5) is 11.4 Å². The number of hydrogen-bond donors (Lipinski definition) is 1. The van der Waals surface area contributed by atoms with Crippen molar-refractivity contribution in [1.29, 1.82) is 0 Å². The lowest BCUT2D eigenvalue weighted by Crippen LogP contribution is -2.05. The number of fused-ring (bicyclic) bond motifs is 4. The highest BCUT2D eigenvalue weighted by Crippen LogP contribution is 2.50. The van der Waals surface area contributed by atoms with Crippen molar-refractivity contribution < 1.29 is 14.3 Å². The Balaban J connectivity index is 1.89. The molecule has 1 heterocycles. The molecule has 0 radical (unpaired) electrons. The molecule has 0 aromatic heterocycles. The lowest BCUT2D eigenvalue weighted by atomic mass is 10.1. The Kier molecular flexibility index (Phi) is 3.58. The van der Waals surface area contributed by atoms with E-state index in [0.717, 1.165) is 37.7 Å². The predicted octanol–water partition coefficient (Wildman–Crippen LogP) is 4.98. The number of nitrogens with one attached hydrogen (secondary N) is 1. The summed E-state index contributed by atoms with van der Waals surface area (Å²) in [4.78, 5) is 13.5. The Hall–Kier alpha value is -2.66. The molecule has 0 saturated heterocycles. The standard InChI is InChI=1S/C19H15NO3S/c1-11(21)23-16-10-18-19(14-6-4-3-5-13(14)16)20-15-8-7-12(22-2)9-17(15)24-18/h3-10,20H,1-2H3. The maximum atomic E-state index is 11.4. The molecule has 0 bridgehead atoms. The second-order valence-corrected chi connectivity index (χ2v) is 6.56. The number of carbonyl (C=O) groups excluding carboxylic acids is 1. The van der Waals surface area contributed by atoms with Crippen molar-refractivity contribution in [3.05, 3.63) is 48.5 Å². The van der Waals surface area contributed by atoms with Crippen LogP contribution in [-0.2, 0) is 4.79 Å². The SMILES string of the molecule is COc1ccc2c(c1)Sc1cc(OC(C)=O)c3ccccc3c1N2. The maximum absolute atomic E-state index is 11.4. The summed E-state index contributed by atoms with van der Waals surface area (Å²) in [6.07, 6.45) is 0. The number of esters is 1. The van der Waals surface area contributed by atoms with Gasteiger partial charge >= 0.3 is 5.97 Å². The molecule has 0 unspecified atom stereocenters. The van der Waals surface area contributed by atoms with Crippen LogP contribution in [0.3, 0.4) is 0 Å². The lowest BCUT2D eigenvalue weighted by molar-refractivity contribution is -0.131. The molecule has 0 aliphatic carbocycles. The molecule has 3 aromatic rings. The zero-order valence-corrected chi connectivity index (χ0v) is 14.1. The van der Waals surface area contributed by atoms with Gasteiger partial charge in [0.2, 0.25) is 0 Å². The second-order valence-electron chi connectivity index (χ2n) is 5.48. The molecule has 24 heavy (non-hydrogen) atoms. The summed E-state index contributed by atoms with van der Waals surface area (Å²) >= 11 is 1.63. The van der Waals surface area contributed by atoms with E-state index in [2.05, 4.69) is 5.32 Å². The number of hydrogen-bond acceptors (Lipinski definition) is 5. The summed E-state index contributed by atoms with van der Waals surface area (Å²) in [7, 11) is 1.66. The maximum Gasteiger partial charge on any atom is 0.308 e. The molecule has 1 aliphatic heterocycles. The smallest absolute Gasteiger partial charge is 0.308 e. The van der Waals surface area contributed by atoms with E-state index in [0.29, 0.717) is 5.75 Å². The van der Waals surface area contributed by atoms with Crippen molar-refractivity contribution in [3.8, 4) is 11.5 Å². The third-order valence-electron chi connectivity index (χ3n) is 3.89. The van der Waals surface area contributed by atoms with Crippen LogP contribution >= 0.6 is 11.8 Å². The molecule has 4 nitrogen and oxygen atoms in total. The summed E-state index contributed by atoms with van der Waals surface area (Å²) in [6, 6.07) is 15.8. The van der Waals surface area contributed by atoms with Gasteiger partial charge in [-0.2, -0.15) is 0 Å². The number of ether oxygens (including phenoxy) is 2. The highest BCUT2D eigenvalue weighted by molar-refractivity contribution is 7.99. The average Bonchev–Trinajstić information content (AvgIpc) is 2.59.